The van der Waals surface area contributed by atoms with E-state index in [1.54, 1.807) is 13.2 Å². The van der Waals surface area contributed by atoms with Gasteiger partial charge in [0.2, 0.25) is 0 Å². The van der Waals surface area contributed by atoms with Crippen LogP contribution in [0.1, 0.15) is 11.1 Å². The van der Waals surface area contributed by atoms with Crippen LogP contribution in [-0.2, 0) is 17.8 Å². The molecule has 0 heterocycles. The maximum atomic E-state index is 10.8. The van der Waals surface area contributed by atoms with Gasteiger partial charge in [0, 0.05) is 11.6 Å². The summed E-state index contributed by atoms with van der Waals surface area (Å²) >= 11 is 5.87. The molecule has 0 unspecified atom stereocenters. The fourth-order valence-electron chi connectivity index (χ4n) is 2.21. The summed E-state index contributed by atoms with van der Waals surface area (Å²) in [6, 6.07) is 13.4. The Kier molecular flexibility index (Phi) is 9.13. The average molecular weight is 385 g/mol. The zero-order chi connectivity index (χ0) is 17.4. The summed E-state index contributed by atoms with van der Waals surface area (Å²) in [4.78, 5) is 10.8. The molecule has 136 valence electrons. The van der Waals surface area contributed by atoms with Gasteiger partial charge in [-0.1, -0.05) is 29.8 Å². The number of carbonyl (C=O) groups excluding carboxylic acids is 1. The van der Waals surface area contributed by atoms with Crippen LogP contribution in [-0.4, -0.2) is 26.2 Å². The van der Waals surface area contributed by atoms with E-state index in [1.807, 2.05) is 36.4 Å². The summed E-state index contributed by atoms with van der Waals surface area (Å²) in [5.74, 6) is 0.555. The number of nitrogens with two attached hydrogens (primary N) is 1. The lowest BCUT2D eigenvalue weighted by Crippen LogP contribution is -2.20. The first-order valence-electron chi connectivity index (χ1n) is 7.61. The lowest BCUT2D eigenvalue weighted by molar-refractivity contribution is -0.119. The summed E-state index contributed by atoms with van der Waals surface area (Å²) in [5.41, 5.74) is 7.38. The number of primary amides is 1. The molecular weight excluding hydrogens is 363 g/mol. The van der Waals surface area contributed by atoms with Crippen LogP contribution in [0.4, 0.5) is 0 Å². The van der Waals surface area contributed by atoms with Crippen molar-refractivity contribution in [3.63, 3.8) is 0 Å². The molecule has 7 heteroatoms. The smallest absolute Gasteiger partial charge is 0.255 e. The third-order valence-electron chi connectivity index (χ3n) is 3.43. The number of hydrogen-bond donors (Lipinski definition) is 2. The Balaban J connectivity index is 0.00000312. The molecule has 0 saturated carbocycles. The lowest BCUT2D eigenvalue weighted by Gasteiger charge is -2.12. The van der Waals surface area contributed by atoms with Crippen LogP contribution < -0.4 is 20.5 Å². The Morgan fingerprint density at radius 1 is 1.12 bits per heavy atom. The van der Waals surface area contributed by atoms with Crippen molar-refractivity contribution in [2.45, 2.75) is 13.0 Å². The highest BCUT2D eigenvalue weighted by molar-refractivity contribution is 6.30. The Morgan fingerprint density at radius 3 is 2.44 bits per heavy atom. The van der Waals surface area contributed by atoms with Crippen LogP contribution in [0.5, 0.6) is 11.5 Å². The van der Waals surface area contributed by atoms with Crippen molar-refractivity contribution in [1.29, 1.82) is 0 Å². The second-order valence-electron chi connectivity index (χ2n) is 5.29. The zero-order valence-electron chi connectivity index (χ0n) is 14.0. The van der Waals surface area contributed by atoms with Crippen molar-refractivity contribution in [1.82, 2.24) is 5.32 Å². The molecule has 0 saturated heterocycles. The maximum Gasteiger partial charge on any atom is 0.255 e. The first-order chi connectivity index (χ1) is 11.6. The Labute approximate surface area is 158 Å². The maximum absolute atomic E-state index is 10.8. The number of hydrogen-bond acceptors (Lipinski definition) is 4. The number of ether oxygens (including phenoxy) is 2. The quantitative estimate of drug-likeness (QED) is 0.651. The SMILES string of the molecule is COc1cc(CNCCc2ccc(Cl)cc2)ccc1OCC(N)=O.Cl. The standard InChI is InChI=1S/C18H21ClN2O3.ClH/c1-23-17-10-14(4-7-16(17)24-12-18(20)22)11-21-9-8-13-2-5-15(19)6-3-13;/h2-7,10,21H,8-9,11-12H2,1H3,(H2,20,22);1H. The van der Waals surface area contributed by atoms with E-state index in [1.165, 1.54) is 5.56 Å². The summed E-state index contributed by atoms with van der Waals surface area (Å²) < 4.78 is 10.6. The number of carbonyl (C=O) groups is 1. The molecule has 0 aliphatic rings. The normalized spacial score (nSPS) is 10.0. The van der Waals surface area contributed by atoms with Gasteiger partial charge in [-0.25, -0.2) is 0 Å². The Morgan fingerprint density at radius 2 is 1.80 bits per heavy atom. The molecule has 0 aromatic heterocycles. The predicted octanol–water partition coefficient (Wildman–Crippen LogP) is 2.97. The predicted molar refractivity (Wildman–Crippen MR) is 102 cm³/mol. The number of rotatable bonds is 9. The Hall–Kier alpha value is -1.95. The van der Waals surface area contributed by atoms with Crippen molar-refractivity contribution < 1.29 is 14.3 Å². The van der Waals surface area contributed by atoms with Gasteiger partial charge in [0.25, 0.3) is 5.91 Å². The van der Waals surface area contributed by atoms with Gasteiger partial charge in [0.05, 0.1) is 7.11 Å². The summed E-state index contributed by atoms with van der Waals surface area (Å²) in [6.45, 7) is 1.39. The molecule has 0 atom stereocenters. The van der Waals surface area contributed by atoms with Gasteiger partial charge < -0.3 is 20.5 Å². The zero-order valence-corrected chi connectivity index (χ0v) is 15.5. The average Bonchev–Trinajstić information content (AvgIpc) is 2.58. The molecule has 0 bridgehead atoms. The molecule has 2 rings (SSSR count). The molecule has 25 heavy (non-hydrogen) atoms. The fraction of sp³-hybridized carbons (Fsp3) is 0.278. The van der Waals surface area contributed by atoms with E-state index >= 15 is 0 Å². The van der Waals surface area contributed by atoms with Gasteiger partial charge in [-0.2, -0.15) is 0 Å². The van der Waals surface area contributed by atoms with E-state index in [2.05, 4.69) is 5.32 Å². The topological polar surface area (TPSA) is 73.6 Å². The van der Waals surface area contributed by atoms with Gasteiger partial charge in [-0.3, -0.25) is 4.79 Å². The van der Waals surface area contributed by atoms with Crippen molar-refractivity contribution >= 4 is 29.9 Å². The van der Waals surface area contributed by atoms with Crippen LogP contribution in [0.25, 0.3) is 0 Å². The number of benzene rings is 2. The van der Waals surface area contributed by atoms with Crippen LogP contribution in [0.3, 0.4) is 0 Å². The number of nitrogens with one attached hydrogen (secondary N) is 1. The third kappa shape index (κ3) is 7.22. The van der Waals surface area contributed by atoms with Gasteiger partial charge >= 0.3 is 0 Å². The second kappa shape index (κ2) is 10.8. The molecule has 1 amide bonds. The highest BCUT2D eigenvalue weighted by Crippen LogP contribution is 2.27. The molecule has 3 N–H and O–H groups in total. The number of methoxy groups -OCH3 is 1. The minimum atomic E-state index is -0.523. The molecule has 0 radical (unpaired) electrons. The molecule has 0 spiro atoms. The molecule has 0 fully saturated rings. The summed E-state index contributed by atoms with van der Waals surface area (Å²) in [6.07, 6.45) is 0.925. The first kappa shape index (κ1) is 21.1. The third-order valence-corrected chi connectivity index (χ3v) is 3.68. The van der Waals surface area contributed by atoms with E-state index in [4.69, 9.17) is 26.8 Å². The fourth-order valence-corrected chi connectivity index (χ4v) is 2.33. The van der Waals surface area contributed by atoms with Gasteiger partial charge in [-0.05, 0) is 48.4 Å². The van der Waals surface area contributed by atoms with Crippen LogP contribution in [0.2, 0.25) is 5.02 Å². The van der Waals surface area contributed by atoms with Crippen LogP contribution in [0, 0.1) is 0 Å². The van der Waals surface area contributed by atoms with E-state index in [-0.39, 0.29) is 19.0 Å². The second-order valence-corrected chi connectivity index (χ2v) is 5.73. The molecule has 2 aromatic rings. The highest BCUT2D eigenvalue weighted by Gasteiger charge is 2.07. The minimum Gasteiger partial charge on any atom is -0.493 e. The van der Waals surface area contributed by atoms with Gasteiger partial charge in [0.1, 0.15) is 0 Å². The van der Waals surface area contributed by atoms with Crippen molar-refractivity contribution in [2.75, 3.05) is 20.3 Å². The molecule has 0 aliphatic heterocycles. The molecule has 2 aromatic carbocycles. The van der Waals surface area contributed by atoms with Crippen LogP contribution in [0.15, 0.2) is 42.5 Å². The monoisotopic (exact) mass is 384 g/mol. The van der Waals surface area contributed by atoms with E-state index < -0.39 is 5.91 Å². The van der Waals surface area contributed by atoms with E-state index in [0.29, 0.717) is 18.0 Å². The van der Waals surface area contributed by atoms with Crippen molar-refractivity contribution in [3.8, 4) is 11.5 Å². The summed E-state index contributed by atoms with van der Waals surface area (Å²) in [5, 5.41) is 4.13. The minimum absolute atomic E-state index is 0. The highest BCUT2D eigenvalue weighted by atomic mass is 35.5. The first-order valence-corrected chi connectivity index (χ1v) is 7.99. The van der Waals surface area contributed by atoms with Crippen LogP contribution >= 0.6 is 24.0 Å². The lowest BCUT2D eigenvalue weighted by atomic mass is 10.1. The molecule has 5 nitrogen and oxygen atoms in total. The van der Waals surface area contributed by atoms with Crippen molar-refractivity contribution in [3.05, 3.63) is 58.6 Å². The number of amides is 1. The summed E-state index contributed by atoms with van der Waals surface area (Å²) in [7, 11) is 1.56. The van der Waals surface area contributed by atoms with Gasteiger partial charge in [0.15, 0.2) is 18.1 Å². The van der Waals surface area contributed by atoms with E-state index in [0.717, 1.165) is 23.6 Å². The molecule has 0 aliphatic carbocycles. The van der Waals surface area contributed by atoms with E-state index in [9.17, 15) is 4.79 Å². The molecular formula is C18H22Cl2N2O3. The largest absolute Gasteiger partial charge is 0.493 e. The van der Waals surface area contributed by atoms with Crippen molar-refractivity contribution in [2.24, 2.45) is 5.73 Å². The Bertz CT molecular complexity index is 679. The van der Waals surface area contributed by atoms with Gasteiger partial charge in [-0.15, -0.1) is 12.4 Å². The number of halogens is 2.